The number of rotatable bonds is 2. The second-order valence-electron chi connectivity index (χ2n) is 2.72. The summed E-state index contributed by atoms with van der Waals surface area (Å²) < 4.78 is 0. The lowest BCUT2D eigenvalue weighted by molar-refractivity contribution is 0.403. The molecule has 0 saturated carbocycles. The van der Waals surface area contributed by atoms with Gasteiger partial charge in [-0.05, 0) is 29.0 Å². The van der Waals surface area contributed by atoms with E-state index in [1.165, 1.54) is 18.3 Å². The molecule has 15 heavy (non-hydrogen) atoms. The molecule has 0 fully saturated rings. The first-order chi connectivity index (χ1) is 7.25. The molecular weight excluding hydrogens is 198 g/mol. The quantitative estimate of drug-likeness (QED) is 0.484. The normalized spacial score (nSPS) is 10.9. The van der Waals surface area contributed by atoms with E-state index in [0.717, 1.165) is 0 Å². The molecule has 1 aromatic carbocycles. The second kappa shape index (κ2) is 3.74. The topological polar surface area (TPSA) is 107 Å². The van der Waals surface area contributed by atoms with E-state index in [4.69, 9.17) is 5.11 Å². The Kier molecular flexibility index (Phi) is 2.28. The standard InChI is InChI=1S/C8H7N5O2/c14-6-2-1-5(3-7(6)15)4-9-8-10-12-13-11-8/h1-4,14-15H,(H,10,11,12,13). The number of aliphatic imine (C=N–C) groups is 1. The van der Waals surface area contributed by atoms with E-state index in [-0.39, 0.29) is 17.4 Å². The molecule has 76 valence electrons. The summed E-state index contributed by atoms with van der Waals surface area (Å²) in [6.07, 6.45) is 1.45. The molecule has 7 heteroatoms. The van der Waals surface area contributed by atoms with Crippen molar-refractivity contribution in [3.8, 4) is 11.5 Å². The van der Waals surface area contributed by atoms with Crippen molar-refractivity contribution in [2.45, 2.75) is 0 Å². The molecule has 7 nitrogen and oxygen atoms in total. The Balaban J connectivity index is 2.21. The van der Waals surface area contributed by atoms with E-state index in [1.807, 2.05) is 0 Å². The SMILES string of the molecule is Oc1ccc(C=Nc2nn[nH]n2)cc1O. The van der Waals surface area contributed by atoms with Crippen LogP contribution in [0.4, 0.5) is 5.95 Å². The van der Waals surface area contributed by atoms with Crippen molar-refractivity contribution < 1.29 is 10.2 Å². The Morgan fingerprint density at radius 3 is 2.80 bits per heavy atom. The van der Waals surface area contributed by atoms with Crippen molar-refractivity contribution in [3.63, 3.8) is 0 Å². The minimum Gasteiger partial charge on any atom is -0.504 e. The van der Waals surface area contributed by atoms with Crippen LogP contribution >= 0.6 is 0 Å². The molecule has 0 radical (unpaired) electrons. The van der Waals surface area contributed by atoms with Gasteiger partial charge in [-0.25, -0.2) is 4.99 Å². The summed E-state index contributed by atoms with van der Waals surface area (Å²) in [5.41, 5.74) is 0.620. The highest BCUT2D eigenvalue weighted by molar-refractivity contribution is 5.82. The highest BCUT2D eigenvalue weighted by atomic mass is 16.3. The van der Waals surface area contributed by atoms with E-state index in [0.29, 0.717) is 5.56 Å². The number of aromatic amines is 1. The van der Waals surface area contributed by atoms with Crippen LogP contribution in [0.2, 0.25) is 0 Å². The molecule has 3 N–H and O–H groups in total. The molecule has 0 unspecified atom stereocenters. The number of aromatic nitrogens is 4. The maximum atomic E-state index is 9.20. The zero-order chi connectivity index (χ0) is 10.7. The summed E-state index contributed by atoms with van der Waals surface area (Å²) in [5.74, 6) is -0.179. The lowest BCUT2D eigenvalue weighted by atomic mass is 10.2. The predicted molar refractivity (Wildman–Crippen MR) is 51.2 cm³/mol. The lowest BCUT2D eigenvalue weighted by Crippen LogP contribution is -1.80. The molecule has 0 aliphatic carbocycles. The number of hydrogen-bond donors (Lipinski definition) is 3. The van der Waals surface area contributed by atoms with Gasteiger partial charge in [0.15, 0.2) is 11.5 Å². The van der Waals surface area contributed by atoms with E-state index in [1.54, 1.807) is 6.07 Å². The number of phenols is 2. The van der Waals surface area contributed by atoms with Crippen molar-refractivity contribution in [1.82, 2.24) is 20.6 Å². The number of tetrazole rings is 1. The fraction of sp³-hybridized carbons (Fsp3) is 0. The molecule has 0 bridgehead atoms. The van der Waals surface area contributed by atoms with Crippen molar-refractivity contribution in [3.05, 3.63) is 23.8 Å². The van der Waals surface area contributed by atoms with Crippen LogP contribution in [0.15, 0.2) is 23.2 Å². The van der Waals surface area contributed by atoms with Crippen LogP contribution in [0, 0.1) is 0 Å². The minimum atomic E-state index is -0.202. The van der Waals surface area contributed by atoms with Gasteiger partial charge in [0.2, 0.25) is 0 Å². The Labute approximate surface area is 84.1 Å². The van der Waals surface area contributed by atoms with Gasteiger partial charge in [0.25, 0.3) is 5.95 Å². The minimum absolute atomic E-state index is 0.174. The van der Waals surface area contributed by atoms with Crippen LogP contribution in [0.3, 0.4) is 0 Å². The fourth-order valence-electron chi connectivity index (χ4n) is 0.964. The van der Waals surface area contributed by atoms with Crippen molar-refractivity contribution in [2.24, 2.45) is 4.99 Å². The van der Waals surface area contributed by atoms with Gasteiger partial charge in [-0.2, -0.15) is 5.21 Å². The van der Waals surface area contributed by atoms with Gasteiger partial charge in [0.05, 0.1) is 0 Å². The van der Waals surface area contributed by atoms with E-state index >= 15 is 0 Å². The number of nitrogens with zero attached hydrogens (tertiary/aromatic N) is 4. The van der Waals surface area contributed by atoms with Crippen LogP contribution < -0.4 is 0 Å². The van der Waals surface area contributed by atoms with Crippen LogP contribution in [-0.2, 0) is 0 Å². The summed E-state index contributed by atoms with van der Waals surface area (Å²) in [6, 6.07) is 4.34. The zero-order valence-corrected chi connectivity index (χ0v) is 7.49. The monoisotopic (exact) mass is 205 g/mol. The van der Waals surface area contributed by atoms with E-state index < -0.39 is 0 Å². The van der Waals surface area contributed by atoms with Crippen LogP contribution in [0.25, 0.3) is 0 Å². The highest BCUT2D eigenvalue weighted by Crippen LogP contribution is 2.24. The predicted octanol–water partition coefficient (Wildman–Crippen LogP) is 0.361. The second-order valence-corrected chi connectivity index (χ2v) is 2.72. The third-order valence-electron chi connectivity index (χ3n) is 1.66. The van der Waals surface area contributed by atoms with Crippen molar-refractivity contribution in [2.75, 3.05) is 0 Å². The summed E-state index contributed by atoms with van der Waals surface area (Å²) in [7, 11) is 0. The molecule has 1 heterocycles. The van der Waals surface area contributed by atoms with E-state index in [2.05, 4.69) is 25.6 Å². The van der Waals surface area contributed by atoms with Gasteiger partial charge in [-0.15, -0.1) is 5.10 Å². The molecule has 0 aliphatic heterocycles. The van der Waals surface area contributed by atoms with Crippen LogP contribution in [0.1, 0.15) is 5.56 Å². The first-order valence-electron chi connectivity index (χ1n) is 4.05. The van der Waals surface area contributed by atoms with Gasteiger partial charge in [-0.1, -0.05) is 5.10 Å². The number of phenolic OH excluding ortho intramolecular Hbond substituents is 2. The number of benzene rings is 1. The Morgan fingerprint density at radius 2 is 2.13 bits per heavy atom. The van der Waals surface area contributed by atoms with Crippen LogP contribution in [-0.4, -0.2) is 37.1 Å². The van der Waals surface area contributed by atoms with Crippen molar-refractivity contribution >= 4 is 12.2 Å². The molecule has 1 aromatic heterocycles. The molecule has 0 spiro atoms. The Morgan fingerprint density at radius 1 is 1.27 bits per heavy atom. The summed E-state index contributed by atoms with van der Waals surface area (Å²) in [5, 5.41) is 31.1. The van der Waals surface area contributed by atoms with E-state index in [9.17, 15) is 5.11 Å². The number of nitrogens with one attached hydrogen (secondary N) is 1. The Bertz CT molecular complexity index is 480. The van der Waals surface area contributed by atoms with Gasteiger partial charge in [0.1, 0.15) is 0 Å². The maximum Gasteiger partial charge on any atom is 0.288 e. The molecule has 2 aromatic rings. The average Bonchev–Trinajstić information content (AvgIpc) is 2.73. The van der Waals surface area contributed by atoms with Crippen molar-refractivity contribution in [1.29, 1.82) is 0 Å². The number of H-pyrrole nitrogens is 1. The van der Waals surface area contributed by atoms with Gasteiger partial charge >= 0.3 is 0 Å². The van der Waals surface area contributed by atoms with Crippen LogP contribution in [0.5, 0.6) is 11.5 Å². The maximum absolute atomic E-state index is 9.20. The molecule has 0 amide bonds. The highest BCUT2D eigenvalue weighted by Gasteiger charge is 1.98. The molecular formula is C8H7N5O2. The van der Waals surface area contributed by atoms with Gasteiger partial charge in [-0.3, -0.25) is 0 Å². The first-order valence-corrected chi connectivity index (χ1v) is 4.05. The molecule has 2 rings (SSSR count). The molecule has 0 atom stereocenters. The first kappa shape index (κ1) is 9.13. The third kappa shape index (κ3) is 2.08. The number of hydrogen-bond acceptors (Lipinski definition) is 6. The largest absolute Gasteiger partial charge is 0.504 e. The molecule has 0 saturated heterocycles. The average molecular weight is 205 g/mol. The zero-order valence-electron chi connectivity index (χ0n) is 7.49. The fourth-order valence-corrected chi connectivity index (χ4v) is 0.964. The van der Waals surface area contributed by atoms with Gasteiger partial charge in [0, 0.05) is 6.21 Å². The summed E-state index contributed by atoms with van der Waals surface area (Å²) in [6.45, 7) is 0. The van der Waals surface area contributed by atoms with Gasteiger partial charge < -0.3 is 10.2 Å². The lowest BCUT2D eigenvalue weighted by Gasteiger charge is -1.97. The molecule has 0 aliphatic rings. The summed E-state index contributed by atoms with van der Waals surface area (Å²) in [4.78, 5) is 3.87. The Hall–Kier alpha value is -2.44. The number of aromatic hydroxyl groups is 2. The third-order valence-corrected chi connectivity index (χ3v) is 1.66. The summed E-state index contributed by atoms with van der Waals surface area (Å²) >= 11 is 0. The smallest absolute Gasteiger partial charge is 0.288 e.